The van der Waals surface area contributed by atoms with Crippen molar-refractivity contribution in [2.45, 2.75) is 26.1 Å². The second-order valence-electron chi connectivity index (χ2n) is 7.91. The Hall–Kier alpha value is -4.97. The predicted molar refractivity (Wildman–Crippen MR) is 128 cm³/mol. The molecular formula is C27H22N2O7. The first kappa shape index (κ1) is 25.6. The summed E-state index contributed by atoms with van der Waals surface area (Å²) in [7, 11) is 0. The Balaban J connectivity index is 1.92. The SMILES string of the molecule is Cc1cccc(C(=O)O[C@H](C(=O)Nc2ccc(C#N)cc2)[C@@H](OC(=O)c2cccc(C)c2)C(=O)O)c1. The average molecular weight is 486 g/mol. The van der Waals surface area contributed by atoms with Gasteiger partial charge in [0.15, 0.2) is 0 Å². The van der Waals surface area contributed by atoms with Gasteiger partial charge in [0, 0.05) is 5.69 Å². The van der Waals surface area contributed by atoms with Crippen LogP contribution in [0.1, 0.15) is 37.4 Å². The number of aliphatic carboxylic acids is 1. The number of hydrogen-bond donors (Lipinski definition) is 2. The Kier molecular flexibility index (Phi) is 8.15. The van der Waals surface area contributed by atoms with Crippen molar-refractivity contribution in [3.05, 3.63) is 101 Å². The summed E-state index contributed by atoms with van der Waals surface area (Å²) in [5.41, 5.74) is 2.18. The zero-order valence-electron chi connectivity index (χ0n) is 19.4. The van der Waals surface area contributed by atoms with Gasteiger partial charge in [-0.15, -0.1) is 0 Å². The molecule has 36 heavy (non-hydrogen) atoms. The molecule has 3 aromatic rings. The van der Waals surface area contributed by atoms with Crippen LogP contribution in [0.2, 0.25) is 0 Å². The summed E-state index contributed by atoms with van der Waals surface area (Å²) in [5.74, 6) is -4.71. The van der Waals surface area contributed by atoms with Crippen LogP contribution in [0.3, 0.4) is 0 Å². The number of ether oxygens (including phenoxy) is 2. The molecule has 1 amide bonds. The molecule has 0 saturated carbocycles. The second-order valence-corrected chi connectivity index (χ2v) is 7.91. The Morgan fingerprint density at radius 3 is 1.75 bits per heavy atom. The lowest BCUT2D eigenvalue weighted by Crippen LogP contribution is -2.48. The van der Waals surface area contributed by atoms with Crippen LogP contribution in [0.5, 0.6) is 0 Å². The molecule has 0 aliphatic rings. The number of esters is 2. The van der Waals surface area contributed by atoms with E-state index >= 15 is 0 Å². The van der Waals surface area contributed by atoms with E-state index in [1.807, 2.05) is 6.07 Å². The third kappa shape index (κ3) is 6.55. The van der Waals surface area contributed by atoms with Crippen LogP contribution < -0.4 is 5.32 Å². The maximum Gasteiger partial charge on any atom is 0.349 e. The van der Waals surface area contributed by atoms with Crippen molar-refractivity contribution in [3.8, 4) is 6.07 Å². The van der Waals surface area contributed by atoms with E-state index in [1.54, 1.807) is 38.1 Å². The van der Waals surface area contributed by atoms with Crippen molar-refractivity contribution < 1.29 is 33.8 Å². The van der Waals surface area contributed by atoms with E-state index in [1.165, 1.54) is 48.5 Å². The van der Waals surface area contributed by atoms with Crippen LogP contribution in [0.25, 0.3) is 0 Å². The molecule has 3 rings (SSSR count). The van der Waals surface area contributed by atoms with Gasteiger partial charge in [0.1, 0.15) is 0 Å². The van der Waals surface area contributed by atoms with Gasteiger partial charge in [-0.25, -0.2) is 14.4 Å². The molecule has 9 heteroatoms. The van der Waals surface area contributed by atoms with Crippen LogP contribution in [0.4, 0.5) is 5.69 Å². The lowest BCUT2D eigenvalue weighted by atomic mass is 10.1. The smallest absolute Gasteiger partial charge is 0.349 e. The molecule has 0 aliphatic carbocycles. The first-order chi connectivity index (χ1) is 17.2. The Labute approximate surface area is 206 Å². The third-order valence-corrected chi connectivity index (χ3v) is 5.03. The number of hydrogen-bond acceptors (Lipinski definition) is 7. The van der Waals surface area contributed by atoms with Gasteiger partial charge in [-0.3, -0.25) is 4.79 Å². The lowest BCUT2D eigenvalue weighted by molar-refractivity contribution is -0.157. The number of carboxylic acid groups (broad SMARTS) is 1. The van der Waals surface area contributed by atoms with Crippen molar-refractivity contribution in [2.75, 3.05) is 5.32 Å². The van der Waals surface area contributed by atoms with Gasteiger partial charge in [0.25, 0.3) is 5.91 Å². The number of aryl methyl sites for hydroxylation is 2. The first-order valence-electron chi connectivity index (χ1n) is 10.8. The predicted octanol–water partition coefficient (Wildman–Crippen LogP) is 3.65. The van der Waals surface area contributed by atoms with Crippen molar-refractivity contribution in [1.29, 1.82) is 5.26 Å². The van der Waals surface area contributed by atoms with Crippen LogP contribution in [-0.2, 0) is 19.1 Å². The minimum absolute atomic E-state index is 0.0671. The summed E-state index contributed by atoms with van der Waals surface area (Å²) in [6.45, 7) is 3.48. The van der Waals surface area contributed by atoms with Gasteiger partial charge in [-0.05, 0) is 62.4 Å². The Morgan fingerprint density at radius 1 is 0.806 bits per heavy atom. The molecule has 0 bridgehead atoms. The summed E-state index contributed by atoms with van der Waals surface area (Å²) >= 11 is 0. The number of nitriles is 1. The van der Waals surface area contributed by atoms with Crippen molar-refractivity contribution >= 4 is 29.5 Å². The lowest BCUT2D eigenvalue weighted by Gasteiger charge is -2.23. The maximum absolute atomic E-state index is 13.1. The van der Waals surface area contributed by atoms with Gasteiger partial charge in [0.2, 0.25) is 12.2 Å². The first-order valence-corrected chi connectivity index (χ1v) is 10.8. The van der Waals surface area contributed by atoms with Gasteiger partial charge < -0.3 is 19.9 Å². The molecule has 0 aromatic heterocycles. The highest BCUT2D eigenvalue weighted by atomic mass is 16.6. The molecule has 2 N–H and O–H groups in total. The van der Waals surface area contributed by atoms with E-state index in [0.717, 1.165) is 11.1 Å². The van der Waals surface area contributed by atoms with Crippen LogP contribution in [0.15, 0.2) is 72.8 Å². The van der Waals surface area contributed by atoms with Crippen LogP contribution in [-0.4, -0.2) is 41.1 Å². The number of amides is 1. The summed E-state index contributed by atoms with van der Waals surface area (Å²) in [6.07, 6.45) is -4.18. The fourth-order valence-corrected chi connectivity index (χ4v) is 3.25. The maximum atomic E-state index is 13.1. The van der Waals surface area contributed by atoms with Gasteiger partial charge in [-0.2, -0.15) is 5.26 Å². The van der Waals surface area contributed by atoms with Crippen molar-refractivity contribution in [3.63, 3.8) is 0 Å². The fourth-order valence-electron chi connectivity index (χ4n) is 3.25. The van der Waals surface area contributed by atoms with Crippen LogP contribution in [0, 0.1) is 25.2 Å². The molecule has 0 aliphatic heterocycles. The molecule has 182 valence electrons. The normalized spacial score (nSPS) is 11.9. The summed E-state index contributed by atoms with van der Waals surface area (Å²) in [6, 6.07) is 20.2. The molecule has 0 radical (unpaired) electrons. The number of carbonyl (C=O) groups excluding carboxylic acids is 3. The molecule has 0 saturated heterocycles. The second kappa shape index (κ2) is 11.4. The fraction of sp³-hybridized carbons (Fsp3) is 0.148. The molecule has 9 nitrogen and oxygen atoms in total. The number of rotatable bonds is 8. The highest BCUT2D eigenvalue weighted by Crippen LogP contribution is 2.17. The van der Waals surface area contributed by atoms with Crippen molar-refractivity contribution in [1.82, 2.24) is 0 Å². The molecule has 3 aromatic carbocycles. The van der Waals surface area contributed by atoms with E-state index < -0.39 is 36.0 Å². The topological polar surface area (TPSA) is 143 Å². The summed E-state index contributed by atoms with van der Waals surface area (Å²) in [5, 5.41) is 21.2. The minimum Gasteiger partial charge on any atom is -0.478 e. The number of benzene rings is 3. The highest BCUT2D eigenvalue weighted by molar-refractivity contribution is 6.01. The van der Waals surface area contributed by atoms with E-state index in [-0.39, 0.29) is 16.8 Å². The van der Waals surface area contributed by atoms with Gasteiger partial charge in [0.05, 0.1) is 22.8 Å². The Bertz CT molecular complexity index is 1340. The highest BCUT2D eigenvalue weighted by Gasteiger charge is 2.41. The van der Waals surface area contributed by atoms with Gasteiger partial charge in [-0.1, -0.05) is 35.4 Å². The van der Waals surface area contributed by atoms with Crippen LogP contribution >= 0.6 is 0 Å². The van der Waals surface area contributed by atoms with E-state index in [2.05, 4.69) is 5.32 Å². The quantitative estimate of drug-likeness (QED) is 0.459. The molecule has 0 unspecified atom stereocenters. The number of anilines is 1. The van der Waals surface area contributed by atoms with E-state index in [9.17, 15) is 24.3 Å². The average Bonchev–Trinajstić information content (AvgIpc) is 2.86. The number of carbonyl (C=O) groups is 4. The third-order valence-electron chi connectivity index (χ3n) is 5.03. The van der Waals surface area contributed by atoms with E-state index in [0.29, 0.717) is 5.56 Å². The molecule has 0 heterocycles. The minimum atomic E-state index is -2.15. The Morgan fingerprint density at radius 2 is 1.31 bits per heavy atom. The van der Waals surface area contributed by atoms with E-state index in [4.69, 9.17) is 14.7 Å². The number of nitrogens with zero attached hydrogens (tertiary/aromatic N) is 1. The molecule has 0 fully saturated rings. The van der Waals surface area contributed by atoms with Gasteiger partial charge >= 0.3 is 17.9 Å². The zero-order chi connectivity index (χ0) is 26.2. The standard InChI is InChI=1S/C27H22N2O7/c1-16-5-3-7-19(13-16)26(33)35-22(24(30)29-21-11-9-18(15-28)10-12-21)23(25(31)32)36-27(34)20-8-4-6-17(2)14-20/h3-14,22-23H,1-2H3,(H,29,30)(H,31,32)/t22-,23+/m0/s1. The largest absolute Gasteiger partial charge is 0.478 e. The molecular weight excluding hydrogens is 464 g/mol. The number of nitrogens with one attached hydrogen (secondary N) is 1. The van der Waals surface area contributed by atoms with Crippen molar-refractivity contribution in [2.24, 2.45) is 0 Å². The number of carboxylic acids is 1. The monoisotopic (exact) mass is 486 g/mol. The summed E-state index contributed by atoms with van der Waals surface area (Å²) < 4.78 is 10.4. The zero-order valence-corrected chi connectivity index (χ0v) is 19.4. The summed E-state index contributed by atoms with van der Waals surface area (Å²) in [4.78, 5) is 50.7. The molecule has 0 spiro atoms. The molecule has 2 atom stereocenters.